The Balaban J connectivity index is 1.30. The molecule has 11 heteroatoms. The van der Waals surface area contributed by atoms with Gasteiger partial charge in [-0.2, -0.15) is 0 Å². The fraction of sp³-hybridized carbons (Fsp3) is 0.639. The fourth-order valence-corrected chi connectivity index (χ4v) is 13.6. The number of carbonyl (C=O) groups is 1. The highest BCUT2D eigenvalue weighted by molar-refractivity contribution is 8.17. The van der Waals surface area contributed by atoms with Crippen molar-refractivity contribution in [2.75, 3.05) is 36.1 Å². The smallest absolute Gasteiger partial charge is 0.264 e. The molecule has 7 nitrogen and oxygen atoms in total. The molecule has 8 atom stereocenters. The van der Waals surface area contributed by atoms with Crippen LogP contribution < -0.4 is 14.4 Å². The van der Waals surface area contributed by atoms with Crippen molar-refractivity contribution in [2.45, 2.75) is 74.2 Å². The minimum absolute atomic E-state index is 0.0376. The second-order valence-electron chi connectivity index (χ2n) is 14.8. The third-order valence-electron chi connectivity index (χ3n) is 11.9. The molecule has 2 N–H and O–H groups in total. The van der Waals surface area contributed by atoms with Crippen LogP contribution in [0.15, 0.2) is 53.6 Å². The molecule has 3 aliphatic carbocycles. The Morgan fingerprint density at radius 1 is 1.13 bits per heavy atom. The Morgan fingerprint density at radius 3 is 2.70 bits per heavy atom. The summed E-state index contributed by atoms with van der Waals surface area (Å²) < 4.78 is 35.9. The monoisotopic (exact) mass is 718 g/mol. The number of benzene rings is 1. The van der Waals surface area contributed by atoms with Crippen molar-refractivity contribution in [1.29, 1.82) is 0 Å². The van der Waals surface area contributed by atoms with E-state index in [4.69, 9.17) is 16.3 Å². The number of hydrogen-bond acceptors (Lipinski definition) is 8. The number of hydrogen-bond donors (Lipinski definition) is 2. The summed E-state index contributed by atoms with van der Waals surface area (Å²) >= 11 is 10.2. The quantitative estimate of drug-likeness (QED) is 0.301. The highest BCUT2D eigenvalue weighted by Gasteiger charge is 2.53. The maximum Gasteiger partial charge on any atom is 0.264 e. The number of halogens is 1. The van der Waals surface area contributed by atoms with Crippen LogP contribution in [0, 0.1) is 35.0 Å². The lowest BCUT2D eigenvalue weighted by Gasteiger charge is -2.52. The Morgan fingerprint density at radius 2 is 1.94 bits per heavy atom. The molecule has 47 heavy (non-hydrogen) atoms. The predicted octanol–water partition coefficient (Wildman–Crippen LogP) is 6.98. The van der Waals surface area contributed by atoms with Gasteiger partial charge in [-0.1, -0.05) is 49.2 Å². The average molecular weight is 719 g/mol. The van der Waals surface area contributed by atoms with Gasteiger partial charge in [0.25, 0.3) is 5.91 Å². The largest absolute Gasteiger partial charge is 0.491 e. The summed E-state index contributed by atoms with van der Waals surface area (Å²) in [5.41, 5.74) is -0.0359. The number of carbonyl (C=O) groups excluding carboxylic acids is 1. The summed E-state index contributed by atoms with van der Waals surface area (Å²) in [6, 6.07) is 5.33. The first-order valence-electron chi connectivity index (χ1n) is 17.3. The standard InChI is InChI=1S/C36H47ClN2O5S3/c1-23-6-3-15-36(41,34-45-16-5-17-46-34)30-11-8-27(30)20-39-21-35(14-4-7-25-18-28(37)10-12-29(25)35)22-44-32-13-9-26(19-31(32)39)33(40)38-47(42,43)24(23)2/h3,9-10,12-13,15,18-19,23-25,27,29-30,34,41H,4-8,11,14,16-17,20-22H2,1-2H3,(H,38,40)/b15-3+/t23-,24+,25?,27-,29?,30+,35-,36+/m0/s1. The van der Waals surface area contributed by atoms with E-state index in [1.165, 1.54) is 0 Å². The van der Waals surface area contributed by atoms with E-state index in [1.807, 2.05) is 60.8 Å². The SMILES string of the molecule is C[C@@H]1[C@@H](C)C/C=C/[C@](O)(C2SCCCS2)[C@@H]2CC[C@H]2CN2C[C@@]3(CCCC4C=C(Cl)C=CC43)COc3ccc(cc32)C(=O)NS1(=O)=O. The number of nitrogens with one attached hydrogen (secondary N) is 1. The number of anilines is 1. The van der Waals surface area contributed by atoms with E-state index in [2.05, 4.69) is 21.8 Å². The van der Waals surface area contributed by atoms with Crippen LogP contribution in [0.2, 0.25) is 0 Å². The van der Waals surface area contributed by atoms with Crippen LogP contribution in [0.1, 0.15) is 69.2 Å². The number of amides is 1. The normalized spacial score (nSPS) is 39.7. The van der Waals surface area contributed by atoms with Crippen molar-refractivity contribution in [1.82, 2.24) is 4.72 Å². The van der Waals surface area contributed by atoms with Gasteiger partial charge >= 0.3 is 0 Å². The molecule has 3 fully saturated rings. The van der Waals surface area contributed by atoms with E-state index >= 15 is 0 Å². The topological polar surface area (TPSA) is 95.9 Å². The number of rotatable bonds is 1. The molecule has 2 saturated carbocycles. The molecular weight excluding hydrogens is 672 g/mol. The van der Waals surface area contributed by atoms with Crippen molar-refractivity contribution < 1.29 is 23.1 Å². The van der Waals surface area contributed by atoms with Crippen LogP contribution in [0.3, 0.4) is 0 Å². The number of thioether (sulfide) groups is 2. The van der Waals surface area contributed by atoms with Gasteiger partial charge in [0.2, 0.25) is 10.0 Å². The number of ether oxygens (including phenoxy) is 1. The molecule has 2 unspecified atom stereocenters. The Labute approximate surface area is 293 Å². The Hall–Kier alpha value is -1.59. The predicted molar refractivity (Wildman–Crippen MR) is 194 cm³/mol. The average Bonchev–Trinajstić information content (AvgIpc) is 3.19. The van der Waals surface area contributed by atoms with Crippen molar-refractivity contribution in [3.63, 3.8) is 0 Å². The van der Waals surface area contributed by atoms with Crippen LogP contribution in [0.5, 0.6) is 5.75 Å². The lowest BCUT2D eigenvalue weighted by Crippen LogP contribution is -2.56. The maximum absolute atomic E-state index is 13.5. The first kappa shape index (κ1) is 33.9. The Bertz CT molecular complexity index is 1580. The second kappa shape index (κ2) is 13.3. The van der Waals surface area contributed by atoms with E-state index in [0.717, 1.165) is 73.8 Å². The number of fused-ring (bicyclic) bond motifs is 4. The van der Waals surface area contributed by atoms with Gasteiger partial charge in [0, 0.05) is 29.1 Å². The molecule has 3 heterocycles. The van der Waals surface area contributed by atoms with E-state index in [1.54, 1.807) is 13.0 Å². The Kier molecular flexibility index (Phi) is 9.57. The lowest BCUT2D eigenvalue weighted by molar-refractivity contribution is -0.0342. The summed E-state index contributed by atoms with van der Waals surface area (Å²) in [6.45, 7) is 5.59. The van der Waals surface area contributed by atoms with Crippen molar-refractivity contribution in [3.05, 3.63) is 59.2 Å². The van der Waals surface area contributed by atoms with Gasteiger partial charge < -0.3 is 14.7 Å². The van der Waals surface area contributed by atoms with Crippen molar-refractivity contribution in [3.8, 4) is 5.75 Å². The van der Waals surface area contributed by atoms with Gasteiger partial charge in [0.05, 0.1) is 22.1 Å². The van der Waals surface area contributed by atoms with Crippen LogP contribution >= 0.6 is 35.1 Å². The molecular formula is C36H47ClN2O5S3. The first-order chi connectivity index (χ1) is 22.5. The van der Waals surface area contributed by atoms with E-state index < -0.39 is 26.8 Å². The molecule has 1 spiro atoms. The zero-order chi connectivity index (χ0) is 33.0. The van der Waals surface area contributed by atoms with Crippen molar-refractivity contribution >= 4 is 56.7 Å². The van der Waals surface area contributed by atoms with Gasteiger partial charge in [0.1, 0.15) is 11.4 Å². The van der Waals surface area contributed by atoms with Crippen LogP contribution in [0.25, 0.3) is 0 Å². The van der Waals surface area contributed by atoms with Gasteiger partial charge in [-0.05, 0) is 111 Å². The zero-order valence-corrected chi connectivity index (χ0v) is 30.5. The number of nitrogens with zero attached hydrogens (tertiary/aromatic N) is 1. The highest BCUT2D eigenvalue weighted by Crippen LogP contribution is 2.54. The summed E-state index contributed by atoms with van der Waals surface area (Å²) in [6.07, 6.45) is 17.3. The van der Waals surface area contributed by atoms with Crippen molar-refractivity contribution in [2.24, 2.45) is 35.0 Å². The summed E-state index contributed by atoms with van der Waals surface area (Å²) in [5.74, 6) is 2.87. The van der Waals surface area contributed by atoms with E-state index in [0.29, 0.717) is 30.3 Å². The van der Waals surface area contributed by atoms with Gasteiger partial charge in [-0.3, -0.25) is 4.79 Å². The maximum atomic E-state index is 13.5. The molecule has 1 aromatic rings. The number of allylic oxidation sites excluding steroid dienone is 5. The minimum Gasteiger partial charge on any atom is -0.491 e. The van der Waals surface area contributed by atoms with Crippen LogP contribution in [-0.4, -0.2) is 66.1 Å². The summed E-state index contributed by atoms with van der Waals surface area (Å²) in [7, 11) is -3.95. The molecule has 3 aliphatic heterocycles. The van der Waals surface area contributed by atoms with Gasteiger partial charge in [-0.15, -0.1) is 23.5 Å². The molecule has 256 valence electrons. The second-order valence-corrected chi connectivity index (χ2v) is 20.0. The summed E-state index contributed by atoms with van der Waals surface area (Å²) in [4.78, 5) is 15.9. The van der Waals surface area contributed by atoms with Crippen LogP contribution in [0.4, 0.5) is 5.69 Å². The zero-order valence-electron chi connectivity index (χ0n) is 27.3. The van der Waals surface area contributed by atoms with Gasteiger partial charge in [-0.25, -0.2) is 13.1 Å². The highest BCUT2D eigenvalue weighted by atomic mass is 35.5. The van der Waals surface area contributed by atoms with E-state index in [9.17, 15) is 18.3 Å². The summed E-state index contributed by atoms with van der Waals surface area (Å²) in [5, 5.41) is 12.7. The molecule has 2 bridgehead atoms. The molecule has 0 aromatic heterocycles. The number of sulfonamides is 1. The molecule has 6 aliphatic rings. The molecule has 1 aromatic carbocycles. The third kappa shape index (κ3) is 6.44. The van der Waals surface area contributed by atoms with Gasteiger partial charge in [0.15, 0.2) is 0 Å². The number of aliphatic hydroxyl groups is 1. The molecule has 1 saturated heterocycles. The van der Waals surface area contributed by atoms with Crippen LogP contribution in [-0.2, 0) is 10.0 Å². The molecule has 1 amide bonds. The lowest BCUT2D eigenvalue weighted by atomic mass is 9.60. The fourth-order valence-electron chi connectivity index (χ4n) is 8.82. The first-order valence-corrected chi connectivity index (χ1v) is 21.3. The third-order valence-corrected chi connectivity index (χ3v) is 17.3. The minimum atomic E-state index is -3.95. The molecule has 0 radical (unpaired) electrons. The molecule has 7 rings (SSSR count). The van der Waals surface area contributed by atoms with E-state index in [-0.39, 0.29) is 33.7 Å².